The van der Waals surface area contributed by atoms with Crippen molar-refractivity contribution in [2.75, 3.05) is 71.4 Å². The van der Waals surface area contributed by atoms with E-state index in [4.69, 9.17) is 11.6 Å². The molecule has 2 aliphatic heterocycles. The number of hydrogen-bond acceptors (Lipinski definition) is 11. The van der Waals surface area contributed by atoms with Gasteiger partial charge in [0.25, 0.3) is 9.84 Å². The zero-order valence-electron chi connectivity index (χ0n) is 39.9. The number of piperidine rings is 1. The topological polar surface area (TPSA) is 110 Å². The fourth-order valence-electron chi connectivity index (χ4n) is 9.21. The van der Waals surface area contributed by atoms with Crippen molar-refractivity contribution in [1.82, 2.24) is 9.47 Å². The molecule has 0 radical (unpaired) electrons. The number of hydrogen-bond donors (Lipinski definition) is 3. The first-order chi connectivity index (χ1) is 34.8. The monoisotopic (exact) mass is 1100 g/mol. The zero-order valence-corrected chi connectivity index (χ0v) is 43.9. The lowest BCUT2D eigenvalue weighted by molar-refractivity contribution is -0.0436. The number of sulfone groups is 1. The molecule has 0 saturated carbocycles. The van der Waals surface area contributed by atoms with Crippen LogP contribution in [-0.2, 0) is 27.2 Å². The largest absolute Gasteiger partial charge is 0.501 e. The van der Waals surface area contributed by atoms with E-state index in [0.29, 0.717) is 105 Å². The van der Waals surface area contributed by atoms with Gasteiger partial charge in [0.2, 0.25) is 0 Å². The third-order valence-electron chi connectivity index (χ3n) is 13.0. The second-order valence-electron chi connectivity index (χ2n) is 17.8. The van der Waals surface area contributed by atoms with Gasteiger partial charge in [-0.3, -0.25) is 0 Å². The van der Waals surface area contributed by atoms with E-state index >= 15 is 0 Å². The predicted molar refractivity (Wildman–Crippen MR) is 284 cm³/mol. The highest BCUT2D eigenvalue weighted by molar-refractivity contribution is 8.00. The maximum atomic E-state index is 14.2. The summed E-state index contributed by atoms with van der Waals surface area (Å²) in [5.74, 6) is 0.466. The molecular formula is C52H55ClF6N6O4S4. The second-order valence-corrected chi connectivity index (χ2v) is 23.5. The number of aromatic nitrogens is 1. The van der Waals surface area contributed by atoms with E-state index in [-0.39, 0.29) is 38.9 Å². The molecule has 2 saturated heterocycles. The minimum atomic E-state index is -5.76. The van der Waals surface area contributed by atoms with Crippen LogP contribution in [-0.4, -0.2) is 102 Å². The van der Waals surface area contributed by atoms with Gasteiger partial charge < -0.3 is 34.4 Å². The number of benzene rings is 5. The summed E-state index contributed by atoms with van der Waals surface area (Å²) >= 11 is 8.70. The third-order valence-corrected chi connectivity index (χ3v) is 18.1. The quantitative estimate of drug-likeness (QED) is 0.0435. The maximum absolute atomic E-state index is 14.2. The van der Waals surface area contributed by atoms with E-state index in [9.17, 15) is 44.1 Å². The average molecular weight is 1110 g/mol. The third kappa shape index (κ3) is 13.0. The fraction of sp³-hybridized carbons (Fsp3) is 0.346. The Morgan fingerprint density at radius 2 is 1.44 bits per heavy atom. The van der Waals surface area contributed by atoms with Crippen LogP contribution in [0.25, 0.3) is 22.4 Å². The lowest BCUT2D eigenvalue weighted by Crippen LogP contribution is -2.46. The molecule has 390 valence electrons. The highest BCUT2D eigenvalue weighted by atomic mass is 35.5. The molecule has 21 heteroatoms. The summed E-state index contributed by atoms with van der Waals surface area (Å²) in [4.78, 5) is 6.63. The molecule has 10 nitrogen and oxygen atoms in total. The van der Waals surface area contributed by atoms with E-state index in [2.05, 4.69) is 24.7 Å². The van der Waals surface area contributed by atoms with Crippen LogP contribution in [0, 0.1) is 6.92 Å². The SMILES string of the molecule is CCn1c(C)c(S(=O)C(F)(F)F)c(-c2cccc(N3CCN(c4ccc(NSc5ccc(N[C@H](CCN6CCC(O)CC6)CSc6ccccc6)c(S(=O)(=O)C(F)(F)F)c5)cc4)CC3)c2)c1-c1ccc(Cl)cc1. The lowest BCUT2D eigenvalue weighted by Gasteiger charge is -2.37. The van der Waals surface area contributed by atoms with Crippen LogP contribution in [0.4, 0.5) is 49.1 Å². The van der Waals surface area contributed by atoms with Gasteiger partial charge in [-0.1, -0.05) is 54.1 Å². The van der Waals surface area contributed by atoms with Crippen LogP contribution < -0.4 is 19.8 Å². The molecule has 0 amide bonds. The lowest BCUT2D eigenvalue weighted by atomic mass is 10.00. The van der Waals surface area contributed by atoms with E-state index in [0.717, 1.165) is 34.3 Å². The van der Waals surface area contributed by atoms with Crippen molar-refractivity contribution < 1.29 is 44.1 Å². The molecule has 3 N–H and O–H groups in total. The number of likely N-dealkylation sites (tertiary alicyclic amines) is 1. The van der Waals surface area contributed by atoms with Gasteiger partial charge in [-0.2, -0.15) is 26.3 Å². The molecule has 0 aliphatic carbocycles. The predicted octanol–water partition coefficient (Wildman–Crippen LogP) is 12.6. The van der Waals surface area contributed by atoms with Gasteiger partial charge in [-0.25, -0.2) is 12.6 Å². The number of nitrogens with one attached hydrogen (secondary N) is 2. The normalized spacial score (nSPS) is 16.1. The Labute approximate surface area is 438 Å². The molecule has 73 heavy (non-hydrogen) atoms. The van der Waals surface area contributed by atoms with Crippen molar-refractivity contribution in [2.45, 2.75) is 82.4 Å². The number of rotatable bonds is 18. The van der Waals surface area contributed by atoms with Gasteiger partial charge in [0.15, 0.2) is 10.8 Å². The van der Waals surface area contributed by atoms with Crippen LogP contribution in [0.1, 0.15) is 31.9 Å². The first-order valence-electron chi connectivity index (χ1n) is 23.7. The first kappa shape index (κ1) is 54.4. The maximum Gasteiger partial charge on any atom is 0.501 e. The Balaban J connectivity index is 0.943. The highest BCUT2D eigenvalue weighted by Crippen LogP contribution is 2.45. The number of piperazine rings is 1. The van der Waals surface area contributed by atoms with Crippen molar-refractivity contribution in [3.63, 3.8) is 0 Å². The van der Waals surface area contributed by atoms with Gasteiger partial charge in [0, 0.05) is 107 Å². The molecular weight excluding hydrogens is 1050 g/mol. The number of aliphatic hydroxyl groups is 1. The standard InChI is InChI=1S/C52H55ClF6N6O4S4/c1-3-65-35(2)50(72(67)51(54,55)56)48(49(65)36-12-14-38(53)15-13-36)37-8-7-9-42(32-37)64-30-28-63(29-31-64)41-18-16-39(17-19-41)61-71-45-20-21-46(47(33-45)73(68,69)52(57,58)59)60-40(34-70-44-10-5-4-6-11-44)22-25-62-26-23-43(66)24-27-62/h4-21,32-33,40,43,60-61,66H,3,22-31,34H2,1-2H3/t40-,72?/m1/s1. The minimum Gasteiger partial charge on any atom is -0.393 e. The van der Waals surface area contributed by atoms with Crippen LogP contribution in [0.15, 0.2) is 141 Å². The van der Waals surface area contributed by atoms with Gasteiger partial charge in [0.1, 0.15) is 4.90 Å². The second kappa shape index (κ2) is 23.4. The molecule has 5 aromatic carbocycles. The number of thioether (sulfide) groups is 1. The number of anilines is 4. The van der Waals surface area contributed by atoms with Crippen LogP contribution in [0.5, 0.6) is 0 Å². The van der Waals surface area contributed by atoms with Crippen molar-refractivity contribution in [3.8, 4) is 22.4 Å². The van der Waals surface area contributed by atoms with E-state index in [1.807, 2.05) is 73.7 Å². The van der Waals surface area contributed by atoms with Crippen molar-refractivity contribution in [2.24, 2.45) is 0 Å². The number of nitrogens with zero attached hydrogens (tertiary/aromatic N) is 4. The zero-order chi connectivity index (χ0) is 52.1. The Morgan fingerprint density at radius 3 is 2.07 bits per heavy atom. The molecule has 8 rings (SSSR count). The van der Waals surface area contributed by atoms with Crippen LogP contribution in [0.2, 0.25) is 5.02 Å². The van der Waals surface area contributed by atoms with Gasteiger partial charge >= 0.3 is 11.0 Å². The van der Waals surface area contributed by atoms with Gasteiger partial charge in [-0.15, -0.1) is 11.8 Å². The summed E-state index contributed by atoms with van der Waals surface area (Å²) in [6, 6.07) is 34.8. The summed E-state index contributed by atoms with van der Waals surface area (Å²) in [6.07, 6.45) is 1.45. The van der Waals surface area contributed by atoms with Crippen molar-refractivity contribution in [3.05, 3.63) is 132 Å². The Morgan fingerprint density at radius 1 is 0.781 bits per heavy atom. The Bertz CT molecular complexity index is 2970. The van der Waals surface area contributed by atoms with E-state index in [1.54, 1.807) is 54.0 Å². The van der Waals surface area contributed by atoms with Crippen molar-refractivity contribution in [1.29, 1.82) is 0 Å². The smallest absolute Gasteiger partial charge is 0.393 e. The summed E-state index contributed by atoms with van der Waals surface area (Å²) in [5, 5.41) is 13.6. The molecule has 3 heterocycles. The summed E-state index contributed by atoms with van der Waals surface area (Å²) in [7, 11) is -9.06. The average Bonchev–Trinajstić information content (AvgIpc) is 3.68. The minimum absolute atomic E-state index is 0.135. The Hall–Kier alpha value is -4.83. The molecule has 1 aromatic heterocycles. The number of halogens is 7. The molecule has 6 aromatic rings. The molecule has 2 fully saturated rings. The Kier molecular flexibility index (Phi) is 17.4. The number of aliphatic hydroxyl groups excluding tert-OH is 1. The molecule has 2 atom stereocenters. The molecule has 1 unspecified atom stereocenters. The molecule has 2 aliphatic rings. The van der Waals surface area contributed by atoms with Gasteiger partial charge in [-0.05, 0) is 135 Å². The highest BCUT2D eigenvalue weighted by Gasteiger charge is 2.48. The van der Waals surface area contributed by atoms with E-state index < -0.39 is 36.5 Å². The van der Waals surface area contributed by atoms with E-state index in [1.165, 1.54) is 17.8 Å². The summed E-state index contributed by atoms with van der Waals surface area (Å²) in [5.41, 5.74) is -6.12. The first-order valence-corrected chi connectivity index (χ1v) is 28.5. The van der Waals surface area contributed by atoms with Gasteiger partial charge in [0.05, 0.1) is 22.4 Å². The molecule has 0 spiro atoms. The number of alkyl halides is 6. The van der Waals surface area contributed by atoms with Crippen LogP contribution >= 0.6 is 35.3 Å². The molecule has 0 bridgehead atoms. The summed E-state index contributed by atoms with van der Waals surface area (Å²) < 4.78 is 130. The summed E-state index contributed by atoms with van der Waals surface area (Å²) in [6.45, 7) is 8.16. The van der Waals surface area contributed by atoms with Crippen LogP contribution in [0.3, 0.4) is 0 Å². The fourth-order valence-corrected chi connectivity index (χ4v) is 13.0. The van der Waals surface area contributed by atoms with Crippen molar-refractivity contribution >= 4 is 78.7 Å².